The molecule has 2 heterocycles. The van der Waals surface area contributed by atoms with Crippen molar-refractivity contribution >= 4 is 50.2 Å². The number of carbonyl (C=O) groups excluding carboxylic acids is 2. The molecule has 37 heavy (non-hydrogen) atoms. The van der Waals surface area contributed by atoms with E-state index in [0.29, 0.717) is 17.3 Å². The monoisotopic (exact) mass is 550 g/mol. The average molecular weight is 551 g/mol. The molecule has 13 heteroatoms. The van der Waals surface area contributed by atoms with Crippen LogP contribution >= 0.6 is 11.6 Å². The van der Waals surface area contributed by atoms with Crippen LogP contribution in [0.15, 0.2) is 47.6 Å². The van der Waals surface area contributed by atoms with Crippen molar-refractivity contribution in [3.63, 3.8) is 0 Å². The van der Waals surface area contributed by atoms with Crippen LogP contribution in [0.5, 0.6) is 5.75 Å². The van der Waals surface area contributed by atoms with Crippen LogP contribution in [-0.4, -0.2) is 59.7 Å². The van der Waals surface area contributed by atoms with E-state index >= 15 is 0 Å². The summed E-state index contributed by atoms with van der Waals surface area (Å²) in [7, 11) is -4.29. The minimum Gasteiger partial charge on any atom is -0.487 e. The molecule has 1 fully saturated rings. The molecule has 198 valence electrons. The molecule has 1 N–H and O–H groups in total. The molecule has 0 spiro atoms. The molecule has 4 rings (SSSR count). The number of hydroxylamine groups is 1. The topological polar surface area (TPSA) is 129 Å². The van der Waals surface area contributed by atoms with Gasteiger partial charge in [-0.05, 0) is 44.2 Å². The molecule has 1 amide bonds. The fourth-order valence-corrected chi connectivity index (χ4v) is 5.76. The molecule has 1 saturated heterocycles. The molecule has 1 unspecified atom stereocenters. The Balaban J connectivity index is 1.67. The summed E-state index contributed by atoms with van der Waals surface area (Å²) in [4.78, 5) is 32.9. The molecule has 2 atom stereocenters. The Morgan fingerprint density at radius 3 is 2.78 bits per heavy atom. The zero-order valence-electron chi connectivity index (χ0n) is 20.5. The second-order valence-electron chi connectivity index (χ2n) is 8.52. The summed E-state index contributed by atoms with van der Waals surface area (Å²) in [6, 6.07) is 8.75. The number of anilines is 1. The molecule has 1 aromatic heterocycles. The van der Waals surface area contributed by atoms with Gasteiger partial charge in [0.1, 0.15) is 23.4 Å². The van der Waals surface area contributed by atoms with Crippen LogP contribution in [0.25, 0.3) is 11.0 Å². The Labute approximate surface area is 219 Å². The molecule has 0 radical (unpaired) electrons. The molecule has 3 aromatic rings. The number of hydrogen-bond acceptors (Lipinski definition) is 8. The summed E-state index contributed by atoms with van der Waals surface area (Å²) >= 11 is 6.14. The average Bonchev–Trinajstić information content (AvgIpc) is 3.42. The van der Waals surface area contributed by atoms with Crippen molar-refractivity contribution in [2.45, 2.75) is 50.8 Å². The first-order valence-corrected chi connectivity index (χ1v) is 13.4. The first kappa shape index (κ1) is 26.9. The number of esters is 1. The van der Waals surface area contributed by atoms with E-state index < -0.39 is 28.1 Å². The van der Waals surface area contributed by atoms with Crippen molar-refractivity contribution in [3.05, 3.63) is 47.7 Å². The SMILES string of the molecule is CCON(C1COC(=O)C1)S(=O)(=O)c1ccc(NC(C)=O)cc1O[C@H](C)Cn1cnc2ccc(Cl)cc21. The van der Waals surface area contributed by atoms with E-state index in [2.05, 4.69) is 10.3 Å². The Bertz CT molecular complexity index is 1430. The molecule has 0 bridgehead atoms. The predicted octanol–water partition coefficient (Wildman–Crippen LogP) is 3.37. The fourth-order valence-electron chi connectivity index (χ4n) is 4.03. The van der Waals surface area contributed by atoms with E-state index in [1.807, 2.05) is 4.57 Å². The molecule has 0 saturated carbocycles. The van der Waals surface area contributed by atoms with Crippen LogP contribution in [0.3, 0.4) is 0 Å². The third-order valence-electron chi connectivity index (χ3n) is 5.54. The van der Waals surface area contributed by atoms with E-state index in [-0.39, 0.29) is 36.2 Å². The smallest absolute Gasteiger partial charge is 0.307 e. The second kappa shape index (κ2) is 11.1. The summed E-state index contributed by atoms with van der Waals surface area (Å²) in [6.07, 6.45) is 1.00. The predicted molar refractivity (Wildman–Crippen MR) is 136 cm³/mol. The van der Waals surface area contributed by atoms with Gasteiger partial charge in [0.25, 0.3) is 10.0 Å². The Hall–Kier alpha value is -3.19. The first-order chi connectivity index (χ1) is 17.6. The van der Waals surface area contributed by atoms with Gasteiger partial charge in [0.2, 0.25) is 5.91 Å². The number of hydrogen-bond donors (Lipinski definition) is 1. The van der Waals surface area contributed by atoms with Gasteiger partial charge < -0.3 is 19.4 Å². The van der Waals surface area contributed by atoms with Crippen molar-refractivity contribution in [2.75, 3.05) is 18.5 Å². The largest absolute Gasteiger partial charge is 0.487 e. The maximum atomic E-state index is 13.7. The van der Waals surface area contributed by atoms with Crippen molar-refractivity contribution in [3.8, 4) is 5.75 Å². The Kier molecular flexibility index (Phi) is 8.02. The van der Waals surface area contributed by atoms with Crippen LogP contribution in [0.2, 0.25) is 5.02 Å². The maximum Gasteiger partial charge on any atom is 0.307 e. The lowest BCUT2D eigenvalue weighted by molar-refractivity contribution is -0.138. The van der Waals surface area contributed by atoms with E-state index in [0.717, 1.165) is 15.5 Å². The van der Waals surface area contributed by atoms with E-state index in [1.165, 1.54) is 25.1 Å². The quantitative estimate of drug-likeness (QED) is 0.300. The fraction of sp³-hybridized carbons (Fsp3) is 0.375. The van der Waals surface area contributed by atoms with Gasteiger partial charge in [-0.3, -0.25) is 14.4 Å². The normalized spacial score (nSPS) is 16.7. The number of halogens is 1. The Morgan fingerprint density at radius 2 is 2.11 bits per heavy atom. The zero-order valence-corrected chi connectivity index (χ0v) is 22.1. The van der Waals surface area contributed by atoms with E-state index in [4.69, 9.17) is 25.9 Å². The van der Waals surface area contributed by atoms with Crippen molar-refractivity contribution in [1.29, 1.82) is 0 Å². The van der Waals surface area contributed by atoms with Gasteiger partial charge in [0.15, 0.2) is 0 Å². The maximum absolute atomic E-state index is 13.7. The number of cyclic esters (lactones) is 1. The number of imidazole rings is 1. The number of nitrogens with one attached hydrogen (secondary N) is 1. The lowest BCUT2D eigenvalue weighted by atomic mass is 10.2. The van der Waals surface area contributed by atoms with E-state index in [9.17, 15) is 18.0 Å². The van der Waals surface area contributed by atoms with Crippen LogP contribution in [0, 0.1) is 0 Å². The lowest BCUT2D eigenvalue weighted by Gasteiger charge is -2.26. The van der Waals surface area contributed by atoms with Crippen LogP contribution in [-0.2, 0) is 35.7 Å². The number of amides is 1. The van der Waals surface area contributed by atoms with Gasteiger partial charge in [-0.25, -0.2) is 13.4 Å². The van der Waals surface area contributed by atoms with Gasteiger partial charge in [0.05, 0.1) is 43.0 Å². The van der Waals surface area contributed by atoms with Gasteiger partial charge in [-0.15, -0.1) is 0 Å². The lowest BCUT2D eigenvalue weighted by Crippen LogP contribution is -2.41. The minimum absolute atomic E-state index is 0.0103. The molecule has 1 aliphatic rings. The number of nitrogens with zero attached hydrogens (tertiary/aromatic N) is 3. The summed E-state index contributed by atoms with van der Waals surface area (Å²) in [5, 5.41) is 3.20. The number of fused-ring (bicyclic) bond motifs is 1. The third-order valence-corrected chi connectivity index (χ3v) is 7.54. The van der Waals surface area contributed by atoms with Crippen molar-refractivity contribution < 1.29 is 32.3 Å². The third kappa shape index (κ3) is 6.04. The van der Waals surface area contributed by atoms with E-state index in [1.54, 1.807) is 38.4 Å². The molecule has 0 aliphatic carbocycles. The summed E-state index contributed by atoms with van der Waals surface area (Å²) in [6.45, 7) is 5.03. The Morgan fingerprint density at radius 1 is 1.32 bits per heavy atom. The zero-order chi connectivity index (χ0) is 26.7. The van der Waals surface area contributed by atoms with Crippen LogP contribution in [0.1, 0.15) is 27.2 Å². The number of ether oxygens (including phenoxy) is 2. The number of carbonyl (C=O) groups is 2. The molecule has 2 aromatic carbocycles. The molecular formula is C24H27ClN4O7S. The minimum atomic E-state index is -4.29. The molecule has 1 aliphatic heterocycles. The van der Waals surface area contributed by atoms with Crippen molar-refractivity contribution in [1.82, 2.24) is 14.0 Å². The molecule has 11 nitrogen and oxygen atoms in total. The number of aromatic nitrogens is 2. The summed E-state index contributed by atoms with van der Waals surface area (Å²) in [5.74, 6) is -0.825. The molecular weight excluding hydrogens is 524 g/mol. The highest BCUT2D eigenvalue weighted by Gasteiger charge is 2.40. The van der Waals surface area contributed by atoms with Crippen LogP contribution in [0.4, 0.5) is 5.69 Å². The summed E-state index contributed by atoms with van der Waals surface area (Å²) < 4.78 is 41.2. The first-order valence-electron chi connectivity index (χ1n) is 11.6. The van der Waals surface area contributed by atoms with Crippen LogP contribution < -0.4 is 10.1 Å². The van der Waals surface area contributed by atoms with Crippen molar-refractivity contribution in [2.24, 2.45) is 0 Å². The number of sulfonamides is 1. The second-order valence-corrected chi connectivity index (χ2v) is 10.7. The van der Waals surface area contributed by atoms with Gasteiger partial charge in [-0.2, -0.15) is 0 Å². The summed E-state index contributed by atoms with van der Waals surface area (Å²) in [5.41, 5.74) is 1.92. The standard InChI is InChI=1S/C24H27ClN4O7S/c1-4-35-29(19-11-24(31)34-13-19)37(32,33)23-8-6-18(27-16(3)30)10-22(23)36-15(2)12-28-14-26-20-7-5-17(25)9-21(20)28/h5-10,14-15,19H,4,11-13H2,1-3H3,(H,27,30)/t15-,19?/m1/s1. The van der Waals surface area contributed by atoms with Gasteiger partial charge in [-0.1, -0.05) is 16.1 Å². The highest BCUT2D eigenvalue weighted by Crippen LogP contribution is 2.33. The highest BCUT2D eigenvalue weighted by atomic mass is 35.5. The highest BCUT2D eigenvalue weighted by molar-refractivity contribution is 7.89. The van der Waals surface area contributed by atoms with Gasteiger partial charge >= 0.3 is 5.97 Å². The van der Waals surface area contributed by atoms with Gasteiger partial charge in [0, 0.05) is 23.7 Å². The number of rotatable bonds is 10. The number of benzene rings is 2.